The normalized spacial score (nSPS) is 24.2. The van der Waals surface area contributed by atoms with Gasteiger partial charge in [0.15, 0.2) is 0 Å². The summed E-state index contributed by atoms with van der Waals surface area (Å²) in [6.45, 7) is 0. The van der Waals surface area contributed by atoms with Crippen LogP contribution >= 0.6 is 27.7 Å². The Morgan fingerprint density at radius 2 is 2.18 bits per heavy atom. The van der Waals surface area contributed by atoms with E-state index in [1.54, 1.807) is 0 Å². The number of halogens is 3. The van der Waals surface area contributed by atoms with Gasteiger partial charge in [0, 0.05) is 17.4 Å². The van der Waals surface area contributed by atoms with Gasteiger partial charge in [0.1, 0.15) is 11.6 Å². The molecule has 0 radical (unpaired) electrons. The van der Waals surface area contributed by atoms with Gasteiger partial charge in [-0.25, -0.2) is 8.78 Å². The highest BCUT2D eigenvalue weighted by Crippen LogP contribution is 2.30. The van der Waals surface area contributed by atoms with E-state index in [0.29, 0.717) is 22.9 Å². The summed E-state index contributed by atoms with van der Waals surface area (Å²) in [6, 6.07) is 3.07. The number of rotatable bonds is 3. The maximum atomic E-state index is 13.8. The highest BCUT2D eigenvalue weighted by Gasteiger charge is 2.28. The molecule has 2 rings (SSSR count). The summed E-state index contributed by atoms with van der Waals surface area (Å²) in [5, 5.41) is 3.21. The van der Waals surface area contributed by atoms with E-state index in [1.165, 1.54) is 12.1 Å². The average Bonchev–Trinajstić information content (AvgIpc) is 2.77. The fourth-order valence-electron chi connectivity index (χ4n) is 2.14. The summed E-state index contributed by atoms with van der Waals surface area (Å²) in [6.07, 6.45) is 0.454. The Balaban J connectivity index is 2.21. The molecule has 0 amide bonds. The van der Waals surface area contributed by atoms with Crippen molar-refractivity contribution in [3.8, 4) is 0 Å². The van der Waals surface area contributed by atoms with Crippen LogP contribution in [0.5, 0.6) is 0 Å². The zero-order valence-electron chi connectivity index (χ0n) is 9.47. The van der Waals surface area contributed by atoms with Crippen LogP contribution in [0, 0.1) is 17.6 Å². The second kappa shape index (κ2) is 5.67. The van der Waals surface area contributed by atoms with Crippen LogP contribution in [-0.2, 0) is 6.42 Å². The van der Waals surface area contributed by atoms with E-state index in [2.05, 4.69) is 21.2 Å². The van der Waals surface area contributed by atoms with Crippen molar-refractivity contribution in [2.75, 3.05) is 18.6 Å². The second-order valence-electron chi connectivity index (χ2n) is 4.22. The summed E-state index contributed by atoms with van der Waals surface area (Å²) in [5.41, 5.74) is 0.201. The van der Waals surface area contributed by atoms with E-state index in [1.807, 2.05) is 18.8 Å². The molecule has 1 fully saturated rings. The summed E-state index contributed by atoms with van der Waals surface area (Å²) in [7, 11) is 1.90. The Morgan fingerprint density at radius 1 is 1.41 bits per heavy atom. The first-order valence-corrected chi connectivity index (χ1v) is 7.45. The van der Waals surface area contributed by atoms with Crippen molar-refractivity contribution in [2.24, 2.45) is 5.92 Å². The van der Waals surface area contributed by atoms with E-state index in [4.69, 9.17) is 0 Å². The molecule has 94 valence electrons. The molecule has 17 heavy (non-hydrogen) atoms. The van der Waals surface area contributed by atoms with E-state index in [9.17, 15) is 8.78 Å². The van der Waals surface area contributed by atoms with Gasteiger partial charge >= 0.3 is 0 Å². The summed E-state index contributed by atoms with van der Waals surface area (Å²) in [4.78, 5) is 0. The fourth-order valence-corrected chi connectivity index (χ4v) is 3.99. The number of hydrogen-bond acceptors (Lipinski definition) is 2. The second-order valence-corrected chi connectivity index (χ2v) is 6.15. The van der Waals surface area contributed by atoms with E-state index < -0.39 is 11.6 Å². The molecular formula is C12H14BrF2NS. The molecule has 0 aliphatic carbocycles. The first-order valence-electron chi connectivity index (χ1n) is 5.51. The SMILES string of the molecule is CNC1CSCC1Cc1c(F)ccc(Br)c1F. The van der Waals surface area contributed by atoms with Crippen LogP contribution in [0.15, 0.2) is 16.6 Å². The minimum absolute atomic E-state index is 0.201. The molecule has 1 aromatic rings. The molecule has 0 aromatic heterocycles. The largest absolute Gasteiger partial charge is 0.316 e. The van der Waals surface area contributed by atoms with Crippen LogP contribution in [0.1, 0.15) is 5.56 Å². The smallest absolute Gasteiger partial charge is 0.143 e. The summed E-state index contributed by atoms with van der Waals surface area (Å²) >= 11 is 4.93. The average molecular weight is 322 g/mol. The summed E-state index contributed by atoms with van der Waals surface area (Å²) < 4.78 is 27.8. The third kappa shape index (κ3) is 2.83. The maximum Gasteiger partial charge on any atom is 0.143 e. The van der Waals surface area contributed by atoms with Crippen LogP contribution in [0.25, 0.3) is 0 Å². The maximum absolute atomic E-state index is 13.8. The minimum Gasteiger partial charge on any atom is -0.316 e. The molecule has 2 unspecified atom stereocenters. The van der Waals surface area contributed by atoms with Gasteiger partial charge in [-0.2, -0.15) is 11.8 Å². The zero-order valence-corrected chi connectivity index (χ0v) is 11.9. The van der Waals surface area contributed by atoms with Crippen molar-refractivity contribution in [2.45, 2.75) is 12.5 Å². The molecule has 1 heterocycles. The highest BCUT2D eigenvalue weighted by atomic mass is 79.9. The van der Waals surface area contributed by atoms with Crippen LogP contribution < -0.4 is 5.32 Å². The van der Waals surface area contributed by atoms with Crippen LogP contribution in [-0.4, -0.2) is 24.6 Å². The lowest BCUT2D eigenvalue weighted by Crippen LogP contribution is -2.33. The van der Waals surface area contributed by atoms with E-state index in [-0.39, 0.29) is 5.56 Å². The molecule has 5 heteroatoms. The molecule has 1 N–H and O–H groups in total. The van der Waals surface area contributed by atoms with Crippen molar-refractivity contribution in [3.63, 3.8) is 0 Å². The molecule has 1 aliphatic heterocycles. The van der Waals surface area contributed by atoms with Gasteiger partial charge in [0.2, 0.25) is 0 Å². The predicted molar refractivity (Wildman–Crippen MR) is 71.4 cm³/mol. The predicted octanol–water partition coefficient (Wildman–Crippen LogP) is 3.22. The Morgan fingerprint density at radius 3 is 2.88 bits per heavy atom. The van der Waals surface area contributed by atoms with Crippen LogP contribution in [0.3, 0.4) is 0 Å². The third-order valence-corrected chi connectivity index (χ3v) is 5.05. The van der Waals surface area contributed by atoms with Crippen LogP contribution in [0.2, 0.25) is 0 Å². The standard InChI is InChI=1S/C12H14BrF2NS/c1-16-11-6-17-5-7(11)4-8-10(14)3-2-9(13)12(8)15/h2-3,7,11,16H,4-6H2,1H3. The van der Waals surface area contributed by atoms with Crippen LogP contribution in [0.4, 0.5) is 8.78 Å². The van der Waals surface area contributed by atoms with Gasteiger partial charge in [-0.15, -0.1) is 0 Å². The quantitative estimate of drug-likeness (QED) is 0.858. The van der Waals surface area contributed by atoms with Gasteiger partial charge in [-0.1, -0.05) is 0 Å². The van der Waals surface area contributed by atoms with Crippen molar-refractivity contribution < 1.29 is 8.78 Å². The molecule has 1 aliphatic rings. The lowest BCUT2D eigenvalue weighted by molar-refractivity contribution is 0.433. The lowest BCUT2D eigenvalue weighted by atomic mass is 9.94. The number of nitrogens with one attached hydrogen (secondary N) is 1. The third-order valence-electron chi connectivity index (χ3n) is 3.17. The summed E-state index contributed by atoms with van der Waals surface area (Å²) in [5.74, 6) is 1.35. The Hall–Kier alpha value is -0.130. The minimum atomic E-state index is -0.461. The molecule has 0 saturated carbocycles. The van der Waals surface area contributed by atoms with E-state index in [0.717, 1.165) is 11.5 Å². The Kier molecular flexibility index (Phi) is 4.44. The Bertz CT molecular complexity index is 414. The number of benzene rings is 1. The van der Waals surface area contributed by atoms with E-state index >= 15 is 0 Å². The van der Waals surface area contributed by atoms with Gasteiger partial charge in [0.25, 0.3) is 0 Å². The first-order chi connectivity index (χ1) is 8.13. The molecular weight excluding hydrogens is 308 g/mol. The molecule has 2 atom stereocenters. The van der Waals surface area contributed by atoms with Crippen molar-refractivity contribution in [1.82, 2.24) is 5.32 Å². The topological polar surface area (TPSA) is 12.0 Å². The molecule has 1 saturated heterocycles. The lowest BCUT2D eigenvalue weighted by Gasteiger charge is -2.18. The Labute approximate surface area is 112 Å². The molecule has 0 spiro atoms. The zero-order chi connectivity index (χ0) is 12.4. The van der Waals surface area contributed by atoms with Gasteiger partial charge in [-0.3, -0.25) is 0 Å². The number of thioether (sulfide) groups is 1. The number of hydrogen-bond donors (Lipinski definition) is 1. The molecule has 1 aromatic carbocycles. The molecule has 1 nitrogen and oxygen atoms in total. The van der Waals surface area contributed by atoms with Crippen molar-refractivity contribution >= 4 is 27.7 Å². The highest BCUT2D eigenvalue weighted by molar-refractivity contribution is 9.10. The van der Waals surface area contributed by atoms with Gasteiger partial charge in [-0.05, 0) is 53.2 Å². The van der Waals surface area contributed by atoms with Gasteiger partial charge < -0.3 is 5.32 Å². The van der Waals surface area contributed by atoms with Gasteiger partial charge in [0.05, 0.1) is 4.47 Å². The molecule has 0 bridgehead atoms. The van der Waals surface area contributed by atoms with Crippen molar-refractivity contribution in [3.05, 3.63) is 33.8 Å². The fraction of sp³-hybridized carbons (Fsp3) is 0.500. The first kappa shape index (κ1) is 13.3. The monoisotopic (exact) mass is 321 g/mol. The van der Waals surface area contributed by atoms with Crippen molar-refractivity contribution in [1.29, 1.82) is 0 Å².